The van der Waals surface area contributed by atoms with E-state index < -0.39 is 0 Å². The molecule has 2 aromatic rings. The van der Waals surface area contributed by atoms with Gasteiger partial charge in [0.05, 0.1) is 18.8 Å². The van der Waals surface area contributed by atoms with Crippen LogP contribution in [0.5, 0.6) is 5.75 Å². The predicted octanol–water partition coefficient (Wildman–Crippen LogP) is 3.39. The molecular formula is C18H18ClNO3. The fourth-order valence-corrected chi connectivity index (χ4v) is 2.64. The number of carbonyl (C=O) groups excluding carboxylic acids is 1. The first-order chi connectivity index (χ1) is 11.2. The van der Waals surface area contributed by atoms with E-state index in [2.05, 4.69) is 0 Å². The summed E-state index contributed by atoms with van der Waals surface area (Å²) < 4.78 is 11.1. The van der Waals surface area contributed by atoms with Gasteiger partial charge in [-0.1, -0.05) is 41.9 Å². The van der Waals surface area contributed by atoms with Crippen molar-refractivity contribution in [2.75, 3.05) is 26.3 Å². The molecule has 0 unspecified atom stereocenters. The number of halogens is 1. The molecule has 0 aliphatic carbocycles. The van der Waals surface area contributed by atoms with Crippen LogP contribution in [0.1, 0.15) is 15.9 Å². The quantitative estimate of drug-likeness (QED) is 0.862. The molecule has 0 bridgehead atoms. The number of hydrogen-bond donors (Lipinski definition) is 0. The second kappa shape index (κ2) is 7.49. The highest BCUT2D eigenvalue weighted by molar-refractivity contribution is 6.31. The van der Waals surface area contributed by atoms with E-state index in [9.17, 15) is 4.79 Å². The Morgan fingerprint density at radius 3 is 2.61 bits per heavy atom. The van der Waals surface area contributed by atoms with Crippen LogP contribution in [-0.2, 0) is 11.3 Å². The zero-order valence-corrected chi connectivity index (χ0v) is 13.5. The fraction of sp³-hybridized carbons (Fsp3) is 0.278. The highest BCUT2D eigenvalue weighted by atomic mass is 35.5. The van der Waals surface area contributed by atoms with Gasteiger partial charge in [0.2, 0.25) is 0 Å². The van der Waals surface area contributed by atoms with Crippen LogP contribution in [0, 0.1) is 0 Å². The number of carbonyl (C=O) groups is 1. The van der Waals surface area contributed by atoms with Crippen LogP contribution in [0.2, 0.25) is 5.02 Å². The van der Waals surface area contributed by atoms with E-state index >= 15 is 0 Å². The summed E-state index contributed by atoms with van der Waals surface area (Å²) in [7, 11) is 0. The summed E-state index contributed by atoms with van der Waals surface area (Å²) in [5, 5.41) is 0.522. The van der Waals surface area contributed by atoms with Crippen LogP contribution in [0.4, 0.5) is 0 Å². The molecule has 1 aliphatic rings. The Morgan fingerprint density at radius 2 is 1.87 bits per heavy atom. The number of benzene rings is 2. The van der Waals surface area contributed by atoms with E-state index in [4.69, 9.17) is 21.1 Å². The first-order valence-corrected chi connectivity index (χ1v) is 7.95. The maximum absolute atomic E-state index is 12.7. The Kier molecular flexibility index (Phi) is 5.16. The highest BCUT2D eigenvalue weighted by Crippen LogP contribution is 2.25. The number of amides is 1. The van der Waals surface area contributed by atoms with Gasteiger partial charge in [0.25, 0.3) is 5.91 Å². The largest absolute Gasteiger partial charge is 0.488 e. The van der Waals surface area contributed by atoms with Crippen LogP contribution in [0.3, 0.4) is 0 Å². The van der Waals surface area contributed by atoms with Gasteiger partial charge in [-0.25, -0.2) is 0 Å². The summed E-state index contributed by atoms with van der Waals surface area (Å²) in [5.74, 6) is 0.480. The summed E-state index contributed by atoms with van der Waals surface area (Å²) in [6, 6.07) is 15.0. The van der Waals surface area contributed by atoms with Gasteiger partial charge in [-0.05, 0) is 23.8 Å². The van der Waals surface area contributed by atoms with Gasteiger partial charge in [0, 0.05) is 18.1 Å². The number of ether oxygens (including phenoxy) is 2. The molecule has 0 radical (unpaired) electrons. The third-order valence-electron chi connectivity index (χ3n) is 3.71. The van der Waals surface area contributed by atoms with Crippen molar-refractivity contribution in [1.82, 2.24) is 4.90 Å². The van der Waals surface area contributed by atoms with Gasteiger partial charge >= 0.3 is 0 Å². The molecule has 0 N–H and O–H groups in total. The lowest BCUT2D eigenvalue weighted by atomic mass is 10.1. The van der Waals surface area contributed by atoms with Gasteiger partial charge in [-0.2, -0.15) is 0 Å². The molecule has 1 aliphatic heterocycles. The Morgan fingerprint density at radius 1 is 1.13 bits per heavy atom. The van der Waals surface area contributed by atoms with Crippen molar-refractivity contribution in [2.45, 2.75) is 6.61 Å². The summed E-state index contributed by atoms with van der Waals surface area (Å²) >= 11 is 6.07. The molecule has 0 spiro atoms. The summed E-state index contributed by atoms with van der Waals surface area (Å²) in [6.07, 6.45) is 0. The van der Waals surface area contributed by atoms with Gasteiger partial charge < -0.3 is 14.4 Å². The minimum Gasteiger partial charge on any atom is -0.488 e. The van der Waals surface area contributed by atoms with Gasteiger partial charge in [0.1, 0.15) is 12.4 Å². The second-order valence-corrected chi connectivity index (χ2v) is 5.76. The molecule has 120 valence electrons. The van der Waals surface area contributed by atoms with Gasteiger partial charge in [-0.3, -0.25) is 4.79 Å². The van der Waals surface area contributed by atoms with Crippen LogP contribution in [0.15, 0.2) is 48.5 Å². The zero-order valence-electron chi connectivity index (χ0n) is 12.7. The molecule has 1 heterocycles. The Hall–Kier alpha value is -2.04. The molecule has 3 rings (SSSR count). The van der Waals surface area contributed by atoms with E-state index in [0.717, 1.165) is 5.56 Å². The zero-order chi connectivity index (χ0) is 16.1. The molecular weight excluding hydrogens is 314 g/mol. The lowest BCUT2D eigenvalue weighted by Crippen LogP contribution is -2.40. The second-order valence-electron chi connectivity index (χ2n) is 5.32. The summed E-state index contributed by atoms with van der Waals surface area (Å²) in [4.78, 5) is 14.5. The molecule has 2 aromatic carbocycles. The number of morpholine rings is 1. The summed E-state index contributed by atoms with van der Waals surface area (Å²) in [6.45, 7) is 2.71. The van der Waals surface area contributed by atoms with Crippen molar-refractivity contribution in [3.63, 3.8) is 0 Å². The van der Waals surface area contributed by atoms with Gasteiger partial charge in [0.15, 0.2) is 0 Å². The standard InChI is InChI=1S/C18H18ClNO3/c19-15-6-7-17(23-13-14-4-2-1-3-5-14)16(12-15)18(21)20-8-10-22-11-9-20/h1-7,12H,8-11,13H2. The van der Waals surface area contributed by atoms with Crippen LogP contribution >= 0.6 is 11.6 Å². The SMILES string of the molecule is O=C(c1cc(Cl)ccc1OCc1ccccc1)N1CCOCC1. The smallest absolute Gasteiger partial charge is 0.257 e. The predicted molar refractivity (Wildman–Crippen MR) is 88.9 cm³/mol. The van der Waals surface area contributed by atoms with Crippen LogP contribution in [0.25, 0.3) is 0 Å². The topological polar surface area (TPSA) is 38.8 Å². The van der Waals surface area contributed by atoms with Crippen molar-refractivity contribution in [3.05, 3.63) is 64.7 Å². The minimum atomic E-state index is -0.0705. The first kappa shape index (κ1) is 15.8. The molecule has 1 saturated heterocycles. The average Bonchev–Trinajstić information content (AvgIpc) is 2.61. The minimum absolute atomic E-state index is 0.0705. The van der Waals surface area contributed by atoms with E-state index in [0.29, 0.717) is 49.2 Å². The number of hydrogen-bond acceptors (Lipinski definition) is 3. The Labute approximate surface area is 140 Å². The van der Waals surface area contributed by atoms with Crippen molar-refractivity contribution in [2.24, 2.45) is 0 Å². The van der Waals surface area contributed by atoms with Crippen molar-refractivity contribution >= 4 is 17.5 Å². The number of nitrogens with zero attached hydrogens (tertiary/aromatic N) is 1. The third-order valence-corrected chi connectivity index (χ3v) is 3.94. The third kappa shape index (κ3) is 4.03. The van der Waals surface area contributed by atoms with Crippen molar-refractivity contribution < 1.29 is 14.3 Å². The Balaban J connectivity index is 1.78. The molecule has 0 saturated carbocycles. The normalized spacial score (nSPS) is 14.6. The van der Waals surface area contributed by atoms with E-state index in [1.807, 2.05) is 30.3 Å². The molecule has 5 heteroatoms. The average molecular weight is 332 g/mol. The number of rotatable bonds is 4. The van der Waals surface area contributed by atoms with E-state index in [-0.39, 0.29) is 5.91 Å². The van der Waals surface area contributed by atoms with Gasteiger partial charge in [-0.15, -0.1) is 0 Å². The van der Waals surface area contributed by atoms with E-state index in [1.54, 1.807) is 23.1 Å². The maximum atomic E-state index is 12.7. The molecule has 23 heavy (non-hydrogen) atoms. The fourth-order valence-electron chi connectivity index (χ4n) is 2.47. The summed E-state index contributed by atoms with van der Waals surface area (Å²) in [5.41, 5.74) is 1.54. The lowest BCUT2D eigenvalue weighted by Gasteiger charge is -2.27. The monoisotopic (exact) mass is 331 g/mol. The molecule has 4 nitrogen and oxygen atoms in total. The van der Waals surface area contributed by atoms with Crippen molar-refractivity contribution in [3.8, 4) is 5.75 Å². The molecule has 1 fully saturated rings. The first-order valence-electron chi connectivity index (χ1n) is 7.57. The molecule has 1 amide bonds. The highest BCUT2D eigenvalue weighted by Gasteiger charge is 2.22. The van der Waals surface area contributed by atoms with Crippen LogP contribution in [-0.4, -0.2) is 37.1 Å². The molecule has 0 aromatic heterocycles. The van der Waals surface area contributed by atoms with Crippen molar-refractivity contribution in [1.29, 1.82) is 0 Å². The Bertz CT molecular complexity index is 669. The van der Waals surface area contributed by atoms with E-state index in [1.165, 1.54) is 0 Å². The van der Waals surface area contributed by atoms with Crippen LogP contribution < -0.4 is 4.74 Å². The lowest BCUT2D eigenvalue weighted by molar-refractivity contribution is 0.0300. The molecule has 0 atom stereocenters. The maximum Gasteiger partial charge on any atom is 0.257 e.